The van der Waals surface area contributed by atoms with E-state index < -0.39 is 0 Å². The zero-order valence-corrected chi connectivity index (χ0v) is 6.62. The van der Waals surface area contributed by atoms with Crippen molar-refractivity contribution >= 4 is 18.9 Å². The fraction of sp³-hybridized carbons (Fsp3) is 0.100. The van der Waals surface area contributed by atoms with Gasteiger partial charge in [-0.15, -0.1) is 0 Å². The van der Waals surface area contributed by atoms with Crippen LogP contribution in [-0.2, 0) is 0 Å². The number of hydrogen-bond donors (Lipinski definition) is 0. The number of rotatable bonds is 1. The first-order valence-corrected chi connectivity index (χ1v) is 3.51. The van der Waals surface area contributed by atoms with Gasteiger partial charge in [0.1, 0.15) is 0 Å². The molecule has 1 aromatic carbocycles. The van der Waals surface area contributed by atoms with Gasteiger partial charge in [-0.3, -0.25) is 4.99 Å². The molecule has 56 valence electrons. The second kappa shape index (κ2) is 3.71. The van der Waals surface area contributed by atoms with E-state index in [1.54, 1.807) is 13.3 Å². The van der Waals surface area contributed by atoms with E-state index in [0.29, 0.717) is 0 Å². The largest absolute Gasteiger partial charge is 0.296 e. The minimum absolute atomic E-state index is 1.03. The van der Waals surface area contributed by atoms with Crippen molar-refractivity contribution in [1.82, 2.24) is 0 Å². The van der Waals surface area contributed by atoms with Crippen LogP contribution in [0.2, 0.25) is 0 Å². The monoisotopic (exact) mass is 145 g/mol. The molecule has 0 saturated heterocycles. The Morgan fingerprint density at radius 3 is 2.73 bits per heavy atom. The van der Waals surface area contributed by atoms with E-state index in [9.17, 15) is 0 Å². The third kappa shape index (κ3) is 2.04. The summed E-state index contributed by atoms with van der Waals surface area (Å²) in [4.78, 5) is 3.86. The topological polar surface area (TPSA) is 12.4 Å². The molecule has 0 aromatic heterocycles. The van der Waals surface area contributed by atoms with Crippen molar-refractivity contribution in [2.45, 2.75) is 0 Å². The molecule has 0 fully saturated rings. The average molecular weight is 145 g/mol. The van der Waals surface area contributed by atoms with Gasteiger partial charge in [0, 0.05) is 13.3 Å². The summed E-state index contributed by atoms with van der Waals surface area (Å²) in [6, 6.07) is 7.96. The number of hydrogen-bond acceptors (Lipinski definition) is 1. The Kier molecular flexibility index (Phi) is 2.61. The number of aliphatic imine (C=N–C) groups is 1. The number of nitrogens with zero attached hydrogens (tertiary/aromatic N) is 1. The van der Waals surface area contributed by atoms with Gasteiger partial charge in [-0.1, -0.05) is 30.8 Å². The minimum atomic E-state index is 1.03. The molecular weight excluding hydrogens is 134 g/mol. The van der Waals surface area contributed by atoms with E-state index in [4.69, 9.17) is 0 Å². The normalized spacial score (nSPS) is 12.6. The Balaban J connectivity index is 3.24. The second-order valence-electron chi connectivity index (χ2n) is 2.27. The molecule has 0 N–H and O–H groups in total. The van der Waals surface area contributed by atoms with Crippen LogP contribution >= 0.6 is 0 Å². The molecule has 1 heteroatoms. The van der Waals surface area contributed by atoms with Crippen molar-refractivity contribution < 1.29 is 0 Å². The second-order valence-corrected chi connectivity index (χ2v) is 2.27. The van der Waals surface area contributed by atoms with Crippen LogP contribution in [0.5, 0.6) is 0 Å². The standard InChI is InChI=1S/C10H11N/c1-9-5-3-4-6-10(9)7-8-11-2/h3-8H,1H2,2H3/b10-7-,11-8?. The first-order valence-electron chi connectivity index (χ1n) is 3.51. The fourth-order valence-corrected chi connectivity index (χ4v) is 0.852. The van der Waals surface area contributed by atoms with Crippen LogP contribution in [0.4, 0.5) is 0 Å². The summed E-state index contributed by atoms with van der Waals surface area (Å²) in [5.41, 5.74) is 0. The molecule has 0 bridgehead atoms. The Morgan fingerprint density at radius 1 is 1.36 bits per heavy atom. The highest BCUT2D eigenvalue weighted by Gasteiger charge is 1.76. The van der Waals surface area contributed by atoms with Crippen molar-refractivity contribution in [3.8, 4) is 0 Å². The quantitative estimate of drug-likeness (QED) is 0.512. The minimum Gasteiger partial charge on any atom is -0.296 e. The van der Waals surface area contributed by atoms with Crippen LogP contribution in [0.25, 0.3) is 12.7 Å². The molecular formula is C10H11N. The molecule has 1 rings (SSSR count). The summed E-state index contributed by atoms with van der Waals surface area (Å²) in [6.07, 6.45) is 3.71. The van der Waals surface area contributed by atoms with Gasteiger partial charge in [-0.25, -0.2) is 0 Å². The Labute approximate surface area is 66.4 Å². The highest BCUT2D eigenvalue weighted by molar-refractivity contribution is 5.90. The average Bonchev–Trinajstić information content (AvgIpc) is 2.03. The van der Waals surface area contributed by atoms with E-state index >= 15 is 0 Å². The van der Waals surface area contributed by atoms with Crippen molar-refractivity contribution in [2.75, 3.05) is 7.05 Å². The molecule has 0 amide bonds. The summed E-state index contributed by atoms with van der Waals surface area (Å²) in [7, 11) is 1.75. The lowest BCUT2D eigenvalue weighted by molar-refractivity contribution is 1.48. The van der Waals surface area contributed by atoms with Gasteiger partial charge < -0.3 is 0 Å². The highest BCUT2D eigenvalue weighted by atomic mass is 14.6. The van der Waals surface area contributed by atoms with Gasteiger partial charge in [0.15, 0.2) is 0 Å². The first-order chi connectivity index (χ1) is 5.34. The number of benzene rings is 1. The van der Waals surface area contributed by atoms with E-state index in [1.807, 2.05) is 30.3 Å². The van der Waals surface area contributed by atoms with Crippen LogP contribution in [0, 0.1) is 0 Å². The van der Waals surface area contributed by atoms with Gasteiger partial charge in [0.05, 0.1) is 0 Å². The first kappa shape index (κ1) is 7.73. The Bertz CT molecular complexity index is 349. The lowest BCUT2D eigenvalue weighted by Gasteiger charge is -1.83. The van der Waals surface area contributed by atoms with Gasteiger partial charge >= 0.3 is 0 Å². The van der Waals surface area contributed by atoms with Crippen molar-refractivity contribution in [2.24, 2.45) is 4.99 Å². The molecule has 0 aliphatic rings. The maximum atomic E-state index is 3.88. The van der Waals surface area contributed by atoms with Crippen LogP contribution in [0.15, 0.2) is 29.3 Å². The Morgan fingerprint density at radius 2 is 2.09 bits per heavy atom. The third-order valence-corrected chi connectivity index (χ3v) is 1.46. The summed E-state index contributed by atoms with van der Waals surface area (Å²) >= 11 is 0. The Hall–Kier alpha value is -1.37. The molecule has 0 heterocycles. The van der Waals surface area contributed by atoms with E-state index in [1.165, 1.54) is 0 Å². The summed E-state index contributed by atoms with van der Waals surface area (Å²) in [5.74, 6) is 0. The lowest BCUT2D eigenvalue weighted by Crippen LogP contribution is -2.21. The SMILES string of the molecule is C=c1cccc/c1=C/C=NC. The molecule has 11 heavy (non-hydrogen) atoms. The zero-order valence-electron chi connectivity index (χ0n) is 6.62. The molecule has 0 saturated carbocycles. The van der Waals surface area contributed by atoms with Crippen molar-refractivity contribution in [1.29, 1.82) is 0 Å². The molecule has 0 spiro atoms. The van der Waals surface area contributed by atoms with Gasteiger partial charge in [0.25, 0.3) is 0 Å². The van der Waals surface area contributed by atoms with E-state index in [-0.39, 0.29) is 0 Å². The van der Waals surface area contributed by atoms with Gasteiger partial charge in [-0.2, -0.15) is 0 Å². The summed E-state index contributed by atoms with van der Waals surface area (Å²) in [6.45, 7) is 3.88. The molecule has 1 nitrogen and oxygen atoms in total. The molecule has 0 aliphatic carbocycles. The van der Waals surface area contributed by atoms with Crippen molar-refractivity contribution in [3.05, 3.63) is 34.7 Å². The fourth-order valence-electron chi connectivity index (χ4n) is 0.852. The maximum Gasteiger partial charge on any atom is 0.0277 e. The van der Waals surface area contributed by atoms with Gasteiger partial charge in [0.2, 0.25) is 0 Å². The van der Waals surface area contributed by atoms with Crippen LogP contribution in [-0.4, -0.2) is 13.3 Å². The summed E-state index contributed by atoms with van der Waals surface area (Å²) < 4.78 is 0. The maximum absolute atomic E-state index is 3.88. The molecule has 0 radical (unpaired) electrons. The highest BCUT2D eigenvalue weighted by Crippen LogP contribution is 1.69. The van der Waals surface area contributed by atoms with Crippen LogP contribution < -0.4 is 10.4 Å². The van der Waals surface area contributed by atoms with Crippen LogP contribution in [0.3, 0.4) is 0 Å². The molecule has 0 unspecified atom stereocenters. The predicted octanol–water partition coefficient (Wildman–Crippen LogP) is 0.578. The summed E-state index contributed by atoms with van der Waals surface area (Å²) in [5, 5.41) is 2.16. The van der Waals surface area contributed by atoms with E-state index in [2.05, 4.69) is 11.6 Å². The zero-order chi connectivity index (χ0) is 8.10. The van der Waals surface area contributed by atoms with Gasteiger partial charge in [-0.05, 0) is 16.5 Å². The smallest absolute Gasteiger partial charge is 0.0277 e. The third-order valence-electron chi connectivity index (χ3n) is 1.46. The van der Waals surface area contributed by atoms with E-state index in [0.717, 1.165) is 10.4 Å². The lowest BCUT2D eigenvalue weighted by atomic mass is 10.2. The molecule has 0 atom stereocenters. The predicted molar refractivity (Wildman–Crippen MR) is 50.1 cm³/mol. The van der Waals surface area contributed by atoms with Crippen molar-refractivity contribution in [3.63, 3.8) is 0 Å². The molecule has 0 aliphatic heterocycles. The van der Waals surface area contributed by atoms with Crippen LogP contribution in [0.1, 0.15) is 0 Å². The molecule has 1 aromatic rings.